The number of carbonyl (C=O) groups excluding carboxylic acids is 2. The van der Waals surface area contributed by atoms with E-state index < -0.39 is 12.1 Å². The highest BCUT2D eigenvalue weighted by Gasteiger charge is 2.38. The van der Waals surface area contributed by atoms with Gasteiger partial charge in [-0.15, -0.1) is 0 Å². The fourth-order valence-corrected chi connectivity index (χ4v) is 2.93. The standard InChI is InChI=1S/C17H24BrN3O2.C2HF3O2/c1-2-10-21(17(23)14-3-5-15(18)6-4-14)11-7-16(22)20-12-8-19-9-13-20;3-2(4,5)1(6)7/h3-6,19H,2,7-13H2,1H3;(H,6,7). The van der Waals surface area contributed by atoms with Crippen LogP contribution in [0.1, 0.15) is 30.1 Å². The quantitative estimate of drug-likeness (QED) is 0.633. The number of piperazine rings is 1. The number of rotatable bonds is 6. The van der Waals surface area contributed by atoms with Crippen LogP contribution in [0, 0.1) is 0 Å². The van der Waals surface area contributed by atoms with E-state index in [1.165, 1.54) is 0 Å². The van der Waals surface area contributed by atoms with E-state index in [1.54, 1.807) is 4.90 Å². The van der Waals surface area contributed by atoms with Gasteiger partial charge in [0.2, 0.25) is 5.91 Å². The van der Waals surface area contributed by atoms with Crippen molar-refractivity contribution in [2.24, 2.45) is 0 Å². The smallest absolute Gasteiger partial charge is 0.475 e. The summed E-state index contributed by atoms with van der Waals surface area (Å²) in [6, 6.07) is 7.35. The molecular formula is C19H25BrF3N3O4. The third-order valence-corrected chi connectivity index (χ3v) is 4.71. The third kappa shape index (κ3) is 9.12. The Morgan fingerprint density at radius 3 is 2.13 bits per heavy atom. The summed E-state index contributed by atoms with van der Waals surface area (Å²) >= 11 is 3.38. The largest absolute Gasteiger partial charge is 0.490 e. The Morgan fingerprint density at radius 2 is 1.67 bits per heavy atom. The van der Waals surface area contributed by atoms with Gasteiger partial charge in [0.1, 0.15) is 0 Å². The molecule has 0 spiro atoms. The Balaban J connectivity index is 0.000000553. The minimum absolute atomic E-state index is 0.00698. The van der Waals surface area contributed by atoms with E-state index in [0.29, 0.717) is 25.1 Å². The first-order valence-corrected chi connectivity index (χ1v) is 10.2. The second-order valence-corrected chi connectivity index (χ2v) is 7.40. The highest BCUT2D eigenvalue weighted by atomic mass is 79.9. The van der Waals surface area contributed by atoms with Crippen LogP contribution < -0.4 is 5.32 Å². The van der Waals surface area contributed by atoms with E-state index in [4.69, 9.17) is 9.90 Å². The van der Waals surface area contributed by atoms with Crippen LogP contribution in [0.2, 0.25) is 0 Å². The number of halogens is 4. The lowest BCUT2D eigenvalue weighted by Gasteiger charge is -2.29. The lowest BCUT2D eigenvalue weighted by Crippen LogP contribution is -2.47. The van der Waals surface area contributed by atoms with E-state index in [-0.39, 0.29) is 11.8 Å². The monoisotopic (exact) mass is 495 g/mol. The predicted molar refractivity (Wildman–Crippen MR) is 108 cm³/mol. The topological polar surface area (TPSA) is 90.0 Å². The number of carboxylic acids is 1. The maximum Gasteiger partial charge on any atom is 0.490 e. The van der Waals surface area contributed by atoms with Crippen LogP contribution in [-0.2, 0) is 9.59 Å². The molecule has 2 N–H and O–H groups in total. The second kappa shape index (κ2) is 12.5. The summed E-state index contributed by atoms with van der Waals surface area (Å²) in [5.41, 5.74) is 0.663. The first-order valence-electron chi connectivity index (χ1n) is 9.39. The van der Waals surface area contributed by atoms with Crippen molar-refractivity contribution in [3.8, 4) is 0 Å². The van der Waals surface area contributed by atoms with Crippen LogP contribution in [0.3, 0.4) is 0 Å². The average Bonchev–Trinajstić information content (AvgIpc) is 2.71. The molecule has 1 saturated heterocycles. The molecule has 0 saturated carbocycles. The molecule has 2 amide bonds. The molecule has 30 heavy (non-hydrogen) atoms. The molecule has 0 unspecified atom stereocenters. The highest BCUT2D eigenvalue weighted by Crippen LogP contribution is 2.14. The molecule has 0 aliphatic carbocycles. The number of hydrogen-bond acceptors (Lipinski definition) is 4. The molecule has 0 radical (unpaired) electrons. The Bertz CT molecular complexity index is 708. The number of nitrogens with one attached hydrogen (secondary N) is 1. The third-order valence-electron chi connectivity index (χ3n) is 4.18. The molecule has 1 fully saturated rings. The lowest BCUT2D eigenvalue weighted by atomic mass is 10.2. The zero-order chi connectivity index (χ0) is 22.7. The summed E-state index contributed by atoms with van der Waals surface area (Å²) in [5, 5.41) is 10.4. The molecule has 11 heteroatoms. The zero-order valence-electron chi connectivity index (χ0n) is 16.5. The number of carbonyl (C=O) groups is 3. The molecule has 7 nitrogen and oxygen atoms in total. The van der Waals surface area contributed by atoms with Crippen molar-refractivity contribution in [3.05, 3.63) is 34.3 Å². The van der Waals surface area contributed by atoms with Gasteiger partial charge in [0.25, 0.3) is 5.91 Å². The minimum Gasteiger partial charge on any atom is -0.475 e. The molecule has 168 valence electrons. The Kier molecular flexibility index (Phi) is 10.8. The van der Waals surface area contributed by atoms with Gasteiger partial charge in [-0.3, -0.25) is 9.59 Å². The molecule has 1 aliphatic rings. The normalized spacial score (nSPS) is 13.8. The number of alkyl halides is 3. The number of nitrogens with zero attached hydrogens (tertiary/aromatic N) is 2. The molecule has 1 aromatic rings. The SMILES string of the molecule is CCCN(CCC(=O)N1CCNCC1)C(=O)c1ccc(Br)cc1.O=C(O)C(F)(F)F. The van der Waals surface area contributed by atoms with Crippen LogP contribution in [0.15, 0.2) is 28.7 Å². The molecule has 0 bridgehead atoms. The lowest BCUT2D eigenvalue weighted by molar-refractivity contribution is -0.192. The van der Waals surface area contributed by atoms with Crippen molar-refractivity contribution in [2.45, 2.75) is 25.9 Å². The van der Waals surface area contributed by atoms with Gasteiger partial charge >= 0.3 is 12.1 Å². The van der Waals surface area contributed by atoms with Crippen LogP contribution in [0.25, 0.3) is 0 Å². The summed E-state index contributed by atoms with van der Waals surface area (Å²) in [4.78, 5) is 37.4. The first kappa shape index (κ1) is 25.9. The van der Waals surface area contributed by atoms with Gasteiger partial charge in [0.15, 0.2) is 0 Å². The Hall–Kier alpha value is -2.14. The molecular weight excluding hydrogens is 471 g/mol. The summed E-state index contributed by atoms with van der Waals surface area (Å²) in [7, 11) is 0. The van der Waals surface area contributed by atoms with Gasteiger partial charge in [-0.05, 0) is 30.7 Å². The molecule has 1 aliphatic heterocycles. The maximum atomic E-state index is 12.6. The van der Waals surface area contributed by atoms with Crippen LogP contribution in [0.4, 0.5) is 13.2 Å². The van der Waals surface area contributed by atoms with Gasteiger partial charge in [-0.1, -0.05) is 22.9 Å². The predicted octanol–water partition coefficient (Wildman–Crippen LogP) is 2.76. The fraction of sp³-hybridized carbons (Fsp3) is 0.526. The number of carboxylic acid groups (broad SMARTS) is 1. The fourth-order valence-electron chi connectivity index (χ4n) is 2.66. The van der Waals surface area contributed by atoms with Gasteiger partial charge < -0.3 is 20.2 Å². The van der Waals surface area contributed by atoms with Crippen molar-refractivity contribution in [2.75, 3.05) is 39.3 Å². The Labute approximate surface area is 181 Å². The van der Waals surface area contributed by atoms with Gasteiger partial charge in [-0.25, -0.2) is 4.79 Å². The van der Waals surface area contributed by atoms with Crippen molar-refractivity contribution in [3.63, 3.8) is 0 Å². The van der Waals surface area contributed by atoms with Gasteiger partial charge in [0, 0.05) is 55.7 Å². The number of benzene rings is 1. The molecule has 0 atom stereocenters. The molecule has 1 aromatic carbocycles. The van der Waals surface area contributed by atoms with E-state index in [9.17, 15) is 22.8 Å². The Morgan fingerprint density at radius 1 is 1.13 bits per heavy atom. The molecule has 2 rings (SSSR count). The number of hydrogen-bond donors (Lipinski definition) is 2. The van der Waals surface area contributed by atoms with Crippen LogP contribution in [0.5, 0.6) is 0 Å². The second-order valence-electron chi connectivity index (χ2n) is 6.48. The average molecular weight is 496 g/mol. The van der Waals surface area contributed by atoms with Crippen molar-refractivity contribution in [1.29, 1.82) is 0 Å². The summed E-state index contributed by atoms with van der Waals surface area (Å²) in [5.74, 6) is -2.63. The first-order chi connectivity index (χ1) is 14.1. The van der Waals surface area contributed by atoms with Crippen molar-refractivity contribution >= 4 is 33.7 Å². The van der Waals surface area contributed by atoms with Crippen LogP contribution in [-0.4, -0.2) is 78.1 Å². The van der Waals surface area contributed by atoms with E-state index in [1.807, 2.05) is 36.1 Å². The van der Waals surface area contributed by atoms with Crippen LogP contribution >= 0.6 is 15.9 Å². The van der Waals surface area contributed by atoms with E-state index in [2.05, 4.69) is 21.2 Å². The highest BCUT2D eigenvalue weighted by molar-refractivity contribution is 9.10. The van der Waals surface area contributed by atoms with E-state index >= 15 is 0 Å². The van der Waals surface area contributed by atoms with Gasteiger partial charge in [0.05, 0.1) is 0 Å². The summed E-state index contributed by atoms with van der Waals surface area (Å²) in [6.45, 7) is 6.40. The summed E-state index contributed by atoms with van der Waals surface area (Å²) in [6.07, 6.45) is -3.81. The van der Waals surface area contributed by atoms with Crippen molar-refractivity contribution in [1.82, 2.24) is 15.1 Å². The van der Waals surface area contributed by atoms with E-state index in [0.717, 1.165) is 37.1 Å². The number of aliphatic carboxylic acids is 1. The van der Waals surface area contributed by atoms with Gasteiger partial charge in [-0.2, -0.15) is 13.2 Å². The maximum absolute atomic E-state index is 12.6. The molecule has 0 aromatic heterocycles. The molecule has 1 heterocycles. The summed E-state index contributed by atoms with van der Waals surface area (Å²) < 4.78 is 32.7. The van der Waals surface area contributed by atoms with Crippen molar-refractivity contribution < 1.29 is 32.7 Å². The number of amides is 2. The minimum atomic E-state index is -5.08. The zero-order valence-corrected chi connectivity index (χ0v) is 18.1.